The van der Waals surface area contributed by atoms with Gasteiger partial charge in [0.25, 0.3) is 0 Å². The summed E-state index contributed by atoms with van der Waals surface area (Å²) in [5, 5.41) is 0. The average molecular weight is 290 g/mol. The fourth-order valence-corrected chi connectivity index (χ4v) is 1.74. The first kappa shape index (κ1) is 14.8. The Labute approximate surface area is 120 Å². The van der Waals surface area contributed by atoms with Crippen LogP contribution in [0, 0.1) is 11.6 Å². The normalized spacial score (nSPS) is 11.8. The van der Waals surface area contributed by atoms with Crippen LogP contribution in [-0.4, -0.2) is 17.9 Å². The van der Waals surface area contributed by atoms with Crippen LogP contribution >= 0.6 is 0 Å². The minimum Gasteiger partial charge on any atom is -0.451 e. The molecule has 0 heterocycles. The van der Waals surface area contributed by atoms with Crippen LogP contribution in [0.3, 0.4) is 0 Å². The topological polar surface area (TPSA) is 43.4 Å². The molecule has 5 heteroatoms. The van der Waals surface area contributed by atoms with Gasteiger partial charge in [-0.05, 0) is 25.1 Å². The maximum absolute atomic E-state index is 13.1. The van der Waals surface area contributed by atoms with Crippen LogP contribution in [0.1, 0.15) is 27.6 Å². The SMILES string of the molecule is CC(OC(=O)c1ccc(F)c(F)c1)C(=O)c1ccccc1. The molecule has 1 unspecified atom stereocenters. The summed E-state index contributed by atoms with van der Waals surface area (Å²) < 4.78 is 30.8. The van der Waals surface area contributed by atoms with Gasteiger partial charge in [0.1, 0.15) is 0 Å². The number of hydrogen-bond donors (Lipinski definition) is 0. The standard InChI is InChI=1S/C16H12F2O3/c1-10(15(19)11-5-3-2-4-6-11)21-16(20)12-7-8-13(17)14(18)9-12/h2-10H,1H3. The number of halogens is 2. The van der Waals surface area contributed by atoms with Crippen molar-refractivity contribution in [3.8, 4) is 0 Å². The zero-order valence-electron chi connectivity index (χ0n) is 11.2. The van der Waals surface area contributed by atoms with Crippen LogP contribution in [0.25, 0.3) is 0 Å². The molecular weight excluding hydrogens is 278 g/mol. The van der Waals surface area contributed by atoms with Crippen LogP contribution in [0.15, 0.2) is 48.5 Å². The Kier molecular flexibility index (Phi) is 4.42. The lowest BCUT2D eigenvalue weighted by atomic mass is 10.1. The number of ether oxygens (including phenoxy) is 1. The van der Waals surface area contributed by atoms with E-state index in [4.69, 9.17) is 4.74 Å². The molecule has 108 valence electrons. The number of carbonyl (C=O) groups is 2. The summed E-state index contributed by atoms with van der Waals surface area (Å²) in [6, 6.07) is 11.0. The summed E-state index contributed by atoms with van der Waals surface area (Å²) in [6.07, 6.45) is -1.02. The molecule has 0 N–H and O–H groups in total. The maximum Gasteiger partial charge on any atom is 0.338 e. The first-order valence-corrected chi connectivity index (χ1v) is 6.24. The zero-order valence-corrected chi connectivity index (χ0v) is 11.2. The van der Waals surface area contributed by atoms with E-state index < -0.39 is 23.7 Å². The van der Waals surface area contributed by atoms with Gasteiger partial charge in [0, 0.05) is 5.56 Å². The highest BCUT2D eigenvalue weighted by atomic mass is 19.2. The summed E-state index contributed by atoms with van der Waals surface area (Å²) in [4.78, 5) is 23.8. The second-order valence-corrected chi connectivity index (χ2v) is 4.41. The number of Topliss-reactive ketones (excluding diaryl/α,β-unsaturated/α-hetero) is 1. The quantitative estimate of drug-likeness (QED) is 0.640. The van der Waals surface area contributed by atoms with Crippen LogP contribution < -0.4 is 0 Å². The highest BCUT2D eigenvalue weighted by Gasteiger charge is 2.20. The largest absolute Gasteiger partial charge is 0.451 e. The van der Waals surface area contributed by atoms with E-state index >= 15 is 0 Å². The Morgan fingerprint density at radius 3 is 2.24 bits per heavy atom. The van der Waals surface area contributed by atoms with Crippen molar-refractivity contribution < 1.29 is 23.1 Å². The summed E-state index contributed by atoms with van der Waals surface area (Å²) in [6.45, 7) is 1.42. The molecule has 21 heavy (non-hydrogen) atoms. The van der Waals surface area contributed by atoms with E-state index in [9.17, 15) is 18.4 Å². The van der Waals surface area contributed by atoms with E-state index in [1.54, 1.807) is 30.3 Å². The molecule has 0 bridgehead atoms. The van der Waals surface area contributed by atoms with Crippen LogP contribution in [0.2, 0.25) is 0 Å². The average Bonchev–Trinajstić information content (AvgIpc) is 2.50. The highest BCUT2D eigenvalue weighted by molar-refractivity contribution is 6.01. The predicted octanol–water partition coefficient (Wildman–Crippen LogP) is 3.39. The Morgan fingerprint density at radius 1 is 0.952 bits per heavy atom. The molecular formula is C16H12F2O3. The third-order valence-corrected chi connectivity index (χ3v) is 2.87. The molecule has 2 rings (SSSR count). The van der Waals surface area contributed by atoms with E-state index in [0.717, 1.165) is 18.2 Å². The van der Waals surface area contributed by atoms with E-state index in [0.29, 0.717) is 5.56 Å². The first-order valence-electron chi connectivity index (χ1n) is 6.24. The third kappa shape index (κ3) is 3.51. The van der Waals surface area contributed by atoms with Gasteiger partial charge in [-0.25, -0.2) is 13.6 Å². The van der Waals surface area contributed by atoms with Gasteiger partial charge in [-0.3, -0.25) is 4.79 Å². The molecule has 0 fully saturated rings. The zero-order chi connectivity index (χ0) is 15.4. The summed E-state index contributed by atoms with van der Waals surface area (Å²) in [5.74, 6) is -3.45. The number of esters is 1. The number of hydrogen-bond acceptors (Lipinski definition) is 3. The number of benzene rings is 2. The Bertz CT molecular complexity index is 668. The maximum atomic E-state index is 13.1. The van der Waals surface area contributed by atoms with Crippen LogP contribution in [0.4, 0.5) is 8.78 Å². The summed E-state index contributed by atoms with van der Waals surface area (Å²) >= 11 is 0. The fourth-order valence-electron chi connectivity index (χ4n) is 1.74. The molecule has 0 radical (unpaired) electrons. The number of rotatable bonds is 4. The number of ketones is 1. The van der Waals surface area contributed by atoms with Crippen molar-refractivity contribution in [3.05, 3.63) is 71.3 Å². The molecule has 0 spiro atoms. The molecule has 2 aromatic carbocycles. The Balaban J connectivity index is 2.08. The van der Waals surface area contributed by atoms with Crippen LogP contribution in [-0.2, 0) is 4.74 Å². The molecule has 3 nitrogen and oxygen atoms in total. The third-order valence-electron chi connectivity index (χ3n) is 2.87. The molecule has 0 saturated heterocycles. The second-order valence-electron chi connectivity index (χ2n) is 4.41. The highest BCUT2D eigenvalue weighted by Crippen LogP contribution is 2.12. The minimum atomic E-state index is -1.15. The Hall–Kier alpha value is -2.56. The van der Waals surface area contributed by atoms with Crippen molar-refractivity contribution in [2.45, 2.75) is 13.0 Å². The van der Waals surface area contributed by atoms with Crippen molar-refractivity contribution in [3.63, 3.8) is 0 Å². The van der Waals surface area contributed by atoms with E-state index in [-0.39, 0.29) is 11.3 Å². The van der Waals surface area contributed by atoms with Gasteiger partial charge in [-0.1, -0.05) is 30.3 Å². The van der Waals surface area contributed by atoms with Crippen molar-refractivity contribution in [2.24, 2.45) is 0 Å². The predicted molar refractivity (Wildman–Crippen MR) is 72.0 cm³/mol. The molecule has 1 atom stereocenters. The van der Waals surface area contributed by atoms with E-state index in [1.807, 2.05) is 0 Å². The van der Waals surface area contributed by atoms with Crippen molar-refractivity contribution in [2.75, 3.05) is 0 Å². The van der Waals surface area contributed by atoms with Gasteiger partial charge >= 0.3 is 5.97 Å². The van der Waals surface area contributed by atoms with E-state index in [1.165, 1.54) is 6.92 Å². The molecule has 0 amide bonds. The number of carbonyl (C=O) groups excluding carboxylic acids is 2. The molecule has 0 aliphatic carbocycles. The van der Waals surface area contributed by atoms with Crippen LogP contribution in [0.5, 0.6) is 0 Å². The van der Waals surface area contributed by atoms with Crippen molar-refractivity contribution in [1.29, 1.82) is 0 Å². The van der Waals surface area contributed by atoms with Gasteiger partial charge in [-0.2, -0.15) is 0 Å². The molecule has 0 aliphatic heterocycles. The Morgan fingerprint density at radius 2 is 1.62 bits per heavy atom. The van der Waals surface area contributed by atoms with Gasteiger partial charge in [0.2, 0.25) is 5.78 Å². The molecule has 0 aliphatic rings. The lowest BCUT2D eigenvalue weighted by Gasteiger charge is -2.12. The lowest BCUT2D eigenvalue weighted by molar-refractivity contribution is 0.0318. The smallest absolute Gasteiger partial charge is 0.338 e. The van der Waals surface area contributed by atoms with E-state index in [2.05, 4.69) is 0 Å². The minimum absolute atomic E-state index is 0.151. The van der Waals surface area contributed by atoms with Crippen molar-refractivity contribution >= 4 is 11.8 Å². The van der Waals surface area contributed by atoms with Gasteiger partial charge in [0.05, 0.1) is 5.56 Å². The monoisotopic (exact) mass is 290 g/mol. The summed E-state index contributed by atoms with van der Waals surface area (Å²) in [5.41, 5.74) is 0.254. The molecule has 2 aromatic rings. The first-order chi connectivity index (χ1) is 9.99. The summed E-state index contributed by atoms with van der Waals surface area (Å²) in [7, 11) is 0. The van der Waals surface area contributed by atoms with Gasteiger partial charge < -0.3 is 4.74 Å². The molecule has 0 aromatic heterocycles. The fraction of sp³-hybridized carbons (Fsp3) is 0.125. The lowest BCUT2D eigenvalue weighted by Crippen LogP contribution is -2.24. The molecule has 0 saturated carbocycles. The van der Waals surface area contributed by atoms with Crippen molar-refractivity contribution in [1.82, 2.24) is 0 Å². The van der Waals surface area contributed by atoms with Gasteiger partial charge in [0.15, 0.2) is 17.7 Å². The second kappa shape index (κ2) is 6.26. The van der Waals surface area contributed by atoms with Gasteiger partial charge in [-0.15, -0.1) is 0 Å².